The molecule has 0 saturated carbocycles. The normalized spacial score (nSPS) is 9.61. The van der Waals surface area contributed by atoms with Gasteiger partial charge in [-0.1, -0.05) is 0 Å². The predicted molar refractivity (Wildman–Crippen MR) is 78.1 cm³/mol. The standard InChI is InChI=1S/C12H16N2O2.2ClH/c13-4-5-14-6-8-15-11-1-2-12-10(9-11)3-7-16-12;;/h1-3,7,9,14H,4-6,8,13H2;2*1H. The Kier molecular flexibility index (Phi) is 8.58. The van der Waals surface area contributed by atoms with Gasteiger partial charge in [-0.05, 0) is 24.3 Å². The van der Waals surface area contributed by atoms with Crippen molar-refractivity contribution in [3.8, 4) is 5.75 Å². The molecule has 1 heterocycles. The first-order valence-electron chi connectivity index (χ1n) is 5.41. The Morgan fingerprint density at radius 3 is 2.78 bits per heavy atom. The van der Waals surface area contributed by atoms with Crippen LogP contribution in [0.1, 0.15) is 0 Å². The van der Waals surface area contributed by atoms with E-state index in [-0.39, 0.29) is 24.8 Å². The molecule has 4 nitrogen and oxygen atoms in total. The molecule has 2 aromatic rings. The van der Waals surface area contributed by atoms with Gasteiger partial charge in [0.2, 0.25) is 0 Å². The summed E-state index contributed by atoms with van der Waals surface area (Å²) >= 11 is 0. The average Bonchev–Trinajstić information content (AvgIpc) is 2.76. The van der Waals surface area contributed by atoms with Crippen LogP contribution in [0.5, 0.6) is 5.75 Å². The van der Waals surface area contributed by atoms with Gasteiger partial charge in [-0.25, -0.2) is 0 Å². The molecule has 1 aromatic carbocycles. The van der Waals surface area contributed by atoms with Crippen LogP contribution in [-0.4, -0.2) is 26.2 Å². The van der Waals surface area contributed by atoms with Gasteiger partial charge in [0.05, 0.1) is 6.26 Å². The minimum atomic E-state index is 0. The number of furan rings is 1. The van der Waals surface area contributed by atoms with Gasteiger partial charge in [0.25, 0.3) is 0 Å². The van der Waals surface area contributed by atoms with Crippen LogP contribution in [0.25, 0.3) is 11.0 Å². The molecule has 0 unspecified atom stereocenters. The highest BCUT2D eigenvalue weighted by atomic mass is 35.5. The molecule has 0 aliphatic heterocycles. The maximum atomic E-state index is 5.59. The van der Waals surface area contributed by atoms with Gasteiger partial charge in [-0.2, -0.15) is 0 Å². The predicted octanol–water partition coefficient (Wildman–Crippen LogP) is 2.20. The highest BCUT2D eigenvalue weighted by molar-refractivity contribution is 5.85. The van der Waals surface area contributed by atoms with E-state index in [4.69, 9.17) is 14.9 Å². The summed E-state index contributed by atoms with van der Waals surface area (Å²) in [6, 6.07) is 7.73. The number of ether oxygens (including phenoxy) is 1. The Labute approximate surface area is 119 Å². The quantitative estimate of drug-likeness (QED) is 0.802. The molecule has 102 valence electrons. The number of nitrogens with one attached hydrogen (secondary N) is 1. The molecule has 2 rings (SSSR count). The van der Waals surface area contributed by atoms with Crippen molar-refractivity contribution in [2.45, 2.75) is 0 Å². The van der Waals surface area contributed by atoms with Gasteiger partial charge >= 0.3 is 0 Å². The van der Waals surface area contributed by atoms with Crippen molar-refractivity contribution in [3.63, 3.8) is 0 Å². The van der Waals surface area contributed by atoms with Gasteiger partial charge in [0.15, 0.2) is 0 Å². The number of nitrogens with two attached hydrogens (primary N) is 1. The van der Waals surface area contributed by atoms with Gasteiger partial charge in [-0.3, -0.25) is 0 Å². The van der Waals surface area contributed by atoms with Crippen molar-refractivity contribution in [1.82, 2.24) is 5.32 Å². The molecule has 0 fully saturated rings. The molecule has 0 aliphatic rings. The lowest BCUT2D eigenvalue weighted by Crippen LogP contribution is -2.26. The minimum Gasteiger partial charge on any atom is -0.492 e. The molecule has 0 bridgehead atoms. The topological polar surface area (TPSA) is 60.4 Å². The molecule has 0 amide bonds. The zero-order valence-electron chi connectivity index (χ0n) is 9.93. The molecule has 0 saturated heterocycles. The smallest absolute Gasteiger partial charge is 0.134 e. The third kappa shape index (κ3) is 4.74. The van der Waals surface area contributed by atoms with E-state index in [0.29, 0.717) is 13.2 Å². The molecule has 6 heteroatoms. The van der Waals surface area contributed by atoms with Crippen LogP contribution in [0.2, 0.25) is 0 Å². The van der Waals surface area contributed by atoms with Crippen LogP contribution in [0.15, 0.2) is 34.9 Å². The van der Waals surface area contributed by atoms with Crippen molar-refractivity contribution in [3.05, 3.63) is 30.5 Å². The molecule has 18 heavy (non-hydrogen) atoms. The third-order valence-corrected chi connectivity index (χ3v) is 2.29. The number of benzene rings is 1. The molecule has 1 aromatic heterocycles. The number of rotatable bonds is 6. The van der Waals surface area contributed by atoms with Crippen LogP contribution in [0.4, 0.5) is 0 Å². The minimum absolute atomic E-state index is 0. The van der Waals surface area contributed by atoms with Gasteiger partial charge < -0.3 is 20.2 Å². The van der Waals surface area contributed by atoms with Crippen molar-refractivity contribution in [2.75, 3.05) is 26.2 Å². The van der Waals surface area contributed by atoms with E-state index in [1.54, 1.807) is 6.26 Å². The first-order chi connectivity index (χ1) is 7.90. The van der Waals surface area contributed by atoms with Crippen molar-refractivity contribution >= 4 is 35.8 Å². The van der Waals surface area contributed by atoms with Gasteiger partial charge in [0, 0.05) is 25.0 Å². The Morgan fingerprint density at radius 2 is 2.00 bits per heavy atom. The summed E-state index contributed by atoms with van der Waals surface area (Å²) in [7, 11) is 0. The molecular formula is C12H18Cl2N2O2. The molecule has 0 radical (unpaired) electrons. The highest BCUT2D eigenvalue weighted by Gasteiger charge is 1.99. The Morgan fingerprint density at radius 1 is 1.17 bits per heavy atom. The lowest BCUT2D eigenvalue weighted by Gasteiger charge is -2.06. The van der Waals surface area contributed by atoms with Gasteiger partial charge in [-0.15, -0.1) is 24.8 Å². The number of hydrogen-bond donors (Lipinski definition) is 2. The fourth-order valence-electron chi connectivity index (χ4n) is 1.50. The average molecular weight is 293 g/mol. The van der Waals surface area contributed by atoms with E-state index in [9.17, 15) is 0 Å². The van der Waals surface area contributed by atoms with E-state index in [2.05, 4.69) is 5.32 Å². The summed E-state index contributed by atoms with van der Waals surface area (Å²) in [5, 5.41) is 4.23. The summed E-state index contributed by atoms with van der Waals surface area (Å²) in [4.78, 5) is 0. The lowest BCUT2D eigenvalue weighted by atomic mass is 10.2. The second kappa shape index (κ2) is 9.05. The lowest BCUT2D eigenvalue weighted by molar-refractivity contribution is 0.315. The largest absolute Gasteiger partial charge is 0.492 e. The molecular weight excluding hydrogens is 275 g/mol. The van der Waals surface area contributed by atoms with E-state index < -0.39 is 0 Å². The van der Waals surface area contributed by atoms with E-state index in [1.165, 1.54) is 0 Å². The van der Waals surface area contributed by atoms with Crippen LogP contribution in [0, 0.1) is 0 Å². The van der Waals surface area contributed by atoms with E-state index in [1.807, 2.05) is 24.3 Å². The number of halogens is 2. The molecule has 3 N–H and O–H groups in total. The summed E-state index contributed by atoms with van der Waals surface area (Å²) < 4.78 is 10.8. The summed E-state index contributed by atoms with van der Waals surface area (Å²) in [6.45, 7) is 2.93. The van der Waals surface area contributed by atoms with E-state index in [0.717, 1.165) is 29.8 Å². The maximum Gasteiger partial charge on any atom is 0.134 e. The van der Waals surface area contributed by atoms with Gasteiger partial charge in [0.1, 0.15) is 17.9 Å². The maximum absolute atomic E-state index is 5.59. The van der Waals surface area contributed by atoms with Crippen molar-refractivity contribution in [2.24, 2.45) is 5.73 Å². The molecule has 0 atom stereocenters. The summed E-state index contributed by atoms with van der Waals surface area (Å²) in [5.41, 5.74) is 6.24. The number of fused-ring (bicyclic) bond motifs is 1. The number of hydrogen-bond acceptors (Lipinski definition) is 4. The summed E-state index contributed by atoms with van der Waals surface area (Å²) in [6.07, 6.45) is 1.68. The zero-order valence-corrected chi connectivity index (χ0v) is 11.6. The van der Waals surface area contributed by atoms with Crippen LogP contribution >= 0.6 is 24.8 Å². The SMILES string of the molecule is Cl.Cl.NCCNCCOc1ccc2occc2c1. The monoisotopic (exact) mass is 292 g/mol. The first-order valence-corrected chi connectivity index (χ1v) is 5.41. The Balaban J connectivity index is 0.00000144. The second-order valence-electron chi connectivity index (χ2n) is 3.51. The van der Waals surface area contributed by atoms with Crippen molar-refractivity contribution in [1.29, 1.82) is 0 Å². The zero-order chi connectivity index (χ0) is 11.2. The fraction of sp³-hybridized carbons (Fsp3) is 0.333. The van der Waals surface area contributed by atoms with Crippen LogP contribution < -0.4 is 15.8 Å². The Hall–Kier alpha value is -0.940. The first kappa shape index (κ1) is 17.1. The second-order valence-corrected chi connectivity index (χ2v) is 3.51. The highest BCUT2D eigenvalue weighted by Crippen LogP contribution is 2.21. The Bertz CT molecular complexity index is 448. The molecule has 0 spiro atoms. The van der Waals surface area contributed by atoms with Crippen molar-refractivity contribution < 1.29 is 9.15 Å². The van der Waals surface area contributed by atoms with E-state index >= 15 is 0 Å². The van der Waals surface area contributed by atoms with Crippen LogP contribution in [0.3, 0.4) is 0 Å². The third-order valence-electron chi connectivity index (χ3n) is 2.29. The molecule has 0 aliphatic carbocycles. The van der Waals surface area contributed by atoms with Crippen LogP contribution in [-0.2, 0) is 0 Å². The summed E-state index contributed by atoms with van der Waals surface area (Å²) in [5.74, 6) is 0.864. The fourth-order valence-corrected chi connectivity index (χ4v) is 1.50.